The molecule has 0 spiro atoms. The predicted molar refractivity (Wildman–Crippen MR) is 100 cm³/mol. The van der Waals surface area contributed by atoms with Crippen molar-refractivity contribution in [2.24, 2.45) is 17.3 Å². The molecule has 27 heavy (non-hydrogen) atoms. The van der Waals surface area contributed by atoms with Crippen LogP contribution in [0.4, 0.5) is 0 Å². The van der Waals surface area contributed by atoms with Gasteiger partial charge in [0.1, 0.15) is 0 Å². The molecule has 0 saturated heterocycles. The largest absolute Gasteiger partial charge is 0.465 e. The summed E-state index contributed by atoms with van der Waals surface area (Å²) in [4.78, 5) is 38.2. The van der Waals surface area contributed by atoms with Gasteiger partial charge in [-0.3, -0.25) is 14.4 Å². The average molecular weight is 370 g/mol. The quantitative estimate of drug-likeness (QED) is 0.330. The SMILES string of the molecule is CCOC(=O)C1(C(=O)OCC)CC2=C(C)[C@@H](C(=O)c3ccccc3)C[C@H]2C1. The Bertz CT molecular complexity index is 759. The van der Waals surface area contributed by atoms with E-state index in [0.29, 0.717) is 24.8 Å². The van der Waals surface area contributed by atoms with Crippen LogP contribution in [0.15, 0.2) is 41.5 Å². The highest BCUT2D eigenvalue weighted by Gasteiger charge is 2.58. The molecule has 5 heteroatoms. The highest BCUT2D eigenvalue weighted by molar-refractivity contribution is 6.02. The van der Waals surface area contributed by atoms with Crippen LogP contribution in [0.5, 0.6) is 0 Å². The van der Waals surface area contributed by atoms with Gasteiger partial charge >= 0.3 is 11.9 Å². The molecule has 1 fully saturated rings. The van der Waals surface area contributed by atoms with Gasteiger partial charge in [-0.2, -0.15) is 0 Å². The van der Waals surface area contributed by atoms with Gasteiger partial charge < -0.3 is 9.47 Å². The molecule has 5 nitrogen and oxygen atoms in total. The van der Waals surface area contributed by atoms with Crippen LogP contribution >= 0.6 is 0 Å². The summed E-state index contributed by atoms with van der Waals surface area (Å²) in [7, 11) is 0. The number of fused-ring (bicyclic) bond motifs is 1. The van der Waals surface area contributed by atoms with Crippen LogP contribution < -0.4 is 0 Å². The monoisotopic (exact) mass is 370 g/mol. The maximum Gasteiger partial charge on any atom is 0.323 e. The zero-order valence-electron chi connectivity index (χ0n) is 16.1. The van der Waals surface area contributed by atoms with Gasteiger partial charge in [-0.25, -0.2) is 0 Å². The minimum Gasteiger partial charge on any atom is -0.465 e. The first kappa shape index (κ1) is 19.3. The first-order valence-corrected chi connectivity index (χ1v) is 9.57. The lowest BCUT2D eigenvalue weighted by molar-refractivity contribution is -0.171. The summed E-state index contributed by atoms with van der Waals surface area (Å²) >= 11 is 0. The van der Waals surface area contributed by atoms with Crippen LogP contribution in [-0.4, -0.2) is 30.9 Å². The number of hydrogen-bond donors (Lipinski definition) is 0. The Morgan fingerprint density at radius 2 is 1.63 bits per heavy atom. The molecule has 0 N–H and O–H groups in total. The van der Waals surface area contributed by atoms with Gasteiger partial charge in [-0.15, -0.1) is 0 Å². The second-order valence-electron chi connectivity index (χ2n) is 7.33. The van der Waals surface area contributed by atoms with Crippen LogP contribution in [0, 0.1) is 17.3 Å². The third-order valence-electron chi connectivity index (χ3n) is 5.84. The van der Waals surface area contributed by atoms with Gasteiger partial charge in [-0.05, 0) is 46.0 Å². The number of hydrogen-bond acceptors (Lipinski definition) is 5. The molecule has 1 saturated carbocycles. The van der Waals surface area contributed by atoms with Crippen LogP contribution in [0.3, 0.4) is 0 Å². The van der Waals surface area contributed by atoms with Crippen molar-refractivity contribution in [2.75, 3.05) is 13.2 Å². The summed E-state index contributed by atoms with van der Waals surface area (Å²) in [5.74, 6) is -1.06. The van der Waals surface area contributed by atoms with Crippen molar-refractivity contribution >= 4 is 17.7 Å². The molecule has 0 heterocycles. The molecular weight excluding hydrogens is 344 g/mol. The molecule has 2 aliphatic carbocycles. The van der Waals surface area contributed by atoms with Crippen molar-refractivity contribution in [2.45, 2.75) is 40.0 Å². The van der Waals surface area contributed by atoms with Gasteiger partial charge in [0.05, 0.1) is 13.2 Å². The van der Waals surface area contributed by atoms with E-state index < -0.39 is 17.4 Å². The molecule has 0 amide bonds. The Morgan fingerprint density at radius 1 is 1.04 bits per heavy atom. The molecule has 0 aromatic heterocycles. The smallest absolute Gasteiger partial charge is 0.323 e. The minimum atomic E-state index is -1.27. The van der Waals surface area contributed by atoms with Gasteiger partial charge in [0, 0.05) is 11.5 Å². The third kappa shape index (κ3) is 3.31. The molecule has 0 radical (unpaired) electrons. The molecule has 0 aliphatic heterocycles. The van der Waals surface area contributed by atoms with Crippen LogP contribution in [-0.2, 0) is 19.1 Å². The first-order valence-electron chi connectivity index (χ1n) is 9.57. The molecule has 1 aromatic rings. The molecule has 2 aliphatic rings. The zero-order chi connectivity index (χ0) is 19.6. The third-order valence-corrected chi connectivity index (χ3v) is 5.84. The summed E-state index contributed by atoms with van der Waals surface area (Å²) in [6, 6.07) is 9.26. The van der Waals surface area contributed by atoms with E-state index in [1.165, 1.54) is 0 Å². The summed E-state index contributed by atoms with van der Waals surface area (Å²) in [5.41, 5.74) is 1.47. The lowest BCUT2D eigenvalue weighted by atomic mass is 9.81. The number of benzene rings is 1. The molecule has 2 atom stereocenters. The van der Waals surface area contributed by atoms with Crippen molar-refractivity contribution in [1.82, 2.24) is 0 Å². The zero-order valence-corrected chi connectivity index (χ0v) is 16.1. The van der Waals surface area contributed by atoms with E-state index in [4.69, 9.17) is 9.47 Å². The summed E-state index contributed by atoms with van der Waals surface area (Å²) < 4.78 is 10.4. The van der Waals surface area contributed by atoms with Crippen molar-refractivity contribution < 1.29 is 23.9 Å². The molecule has 1 aromatic carbocycles. The molecular formula is C22H26O5. The number of carbonyl (C=O) groups is 3. The summed E-state index contributed by atoms with van der Waals surface area (Å²) in [6.45, 7) is 5.85. The normalized spacial score (nSPS) is 23.1. The number of allylic oxidation sites excluding steroid dienone is 2. The van der Waals surface area contributed by atoms with Crippen molar-refractivity contribution in [3.8, 4) is 0 Å². The summed E-state index contributed by atoms with van der Waals surface area (Å²) in [5, 5.41) is 0. The van der Waals surface area contributed by atoms with Gasteiger partial charge in [0.2, 0.25) is 0 Å². The molecule has 144 valence electrons. The molecule has 3 rings (SSSR count). The lowest BCUT2D eigenvalue weighted by Gasteiger charge is -2.25. The highest BCUT2D eigenvalue weighted by atomic mass is 16.6. The number of esters is 2. The van der Waals surface area contributed by atoms with E-state index in [1.807, 2.05) is 37.3 Å². The second kappa shape index (κ2) is 7.67. The molecule has 0 bridgehead atoms. The maximum atomic E-state index is 12.9. The fraction of sp³-hybridized carbons (Fsp3) is 0.500. The second-order valence-corrected chi connectivity index (χ2v) is 7.33. The standard InChI is InChI=1S/C22H26O5/c1-4-26-20(24)22(21(25)27-5-2)12-16-11-17(14(3)18(16)13-22)19(23)15-9-7-6-8-10-15/h6-10,16-17H,4-5,11-13H2,1-3H3/t16-,17-/m0/s1. The minimum absolute atomic E-state index is 0.0384. The maximum absolute atomic E-state index is 12.9. The Kier molecular flexibility index (Phi) is 5.49. The predicted octanol–water partition coefficient (Wildman–Crippen LogP) is 3.73. The van der Waals surface area contributed by atoms with E-state index in [-0.39, 0.29) is 30.8 Å². The fourth-order valence-corrected chi connectivity index (χ4v) is 4.50. The number of Topliss-reactive ketones (excluding diaryl/α,β-unsaturated/α-hetero) is 1. The number of carbonyl (C=O) groups excluding carboxylic acids is 3. The van der Waals surface area contributed by atoms with E-state index in [0.717, 1.165) is 11.1 Å². The van der Waals surface area contributed by atoms with Crippen LogP contribution in [0.1, 0.15) is 50.4 Å². The van der Waals surface area contributed by atoms with Crippen LogP contribution in [0.25, 0.3) is 0 Å². The lowest BCUT2D eigenvalue weighted by Crippen LogP contribution is -2.40. The Hall–Kier alpha value is -2.43. The topological polar surface area (TPSA) is 69.7 Å². The van der Waals surface area contributed by atoms with Gasteiger partial charge in [0.25, 0.3) is 0 Å². The number of ether oxygens (including phenoxy) is 2. The van der Waals surface area contributed by atoms with Gasteiger partial charge in [-0.1, -0.05) is 41.5 Å². The van der Waals surface area contributed by atoms with E-state index >= 15 is 0 Å². The van der Waals surface area contributed by atoms with Gasteiger partial charge in [0.15, 0.2) is 11.2 Å². The van der Waals surface area contributed by atoms with Crippen molar-refractivity contribution in [3.63, 3.8) is 0 Å². The number of ketones is 1. The highest BCUT2D eigenvalue weighted by Crippen LogP contribution is 2.55. The van der Waals surface area contributed by atoms with Crippen molar-refractivity contribution in [1.29, 1.82) is 0 Å². The molecule has 0 unspecified atom stereocenters. The average Bonchev–Trinajstić information content (AvgIpc) is 3.19. The first-order chi connectivity index (χ1) is 12.9. The van der Waals surface area contributed by atoms with Crippen molar-refractivity contribution in [3.05, 3.63) is 47.0 Å². The van der Waals surface area contributed by atoms with E-state index in [1.54, 1.807) is 13.8 Å². The Balaban J connectivity index is 1.89. The van der Waals surface area contributed by atoms with E-state index in [2.05, 4.69) is 0 Å². The Morgan fingerprint density at radius 3 is 2.15 bits per heavy atom. The van der Waals surface area contributed by atoms with Crippen LogP contribution in [0.2, 0.25) is 0 Å². The Labute approximate surface area is 159 Å². The van der Waals surface area contributed by atoms with E-state index in [9.17, 15) is 14.4 Å². The fourth-order valence-electron chi connectivity index (χ4n) is 4.50. The summed E-state index contributed by atoms with van der Waals surface area (Å²) in [6.07, 6.45) is 1.28. The number of rotatable bonds is 6.